The molecule has 4 rings (SSSR count). The smallest absolute Gasteiger partial charge is 0.255 e. The number of hydrogen-bond donors (Lipinski definition) is 2. The van der Waals surface area contributed by atoms with Crippen LogP contribution in [0.15, 0.2) is 101 Å². The van der Waals surface area contributed by atoms with Gasteiger partial charge < -0.3 is 19.2 Å². The van der Waals surface area contributed by atoms with Crippen LogP contribution in [0.4, 0.5) is 5.69 Å². The van der Waals surface area contributed by atoms with Gasteiger partial charge in [-0.2, -0.15) is 0 Å². The molecule has 0 spiro atoms. The van der Waals surface area contributed by atoms with E-state index in [0.717, 1.165) is 0 Å². The number of rotatable bonds is 9. The highest BCUT2D eigenvalue weighted by molar-refractivity contribution is 7.89. The van der Waals surface area contributed by atoms with Crippen molar-refractivity contribution in [1.29, 1.82) is 0 Å². The summed E-state index contributed by atoms with van der Waals surface area (Å²) in [6, 6.07) is 23.2. The van der Waals surface area contributed by atoms with Crippen LogP contribution in [-0.2, 0) is 16.6 Å². The zero-order valence-corrected chi connectivity index (χ0v) is 19.0. The predicted octanol–water partition coefficient (Wildman–Crippen LogP) is 4.81. The number of sulfonamides is 1. The molecule has 1 amide bonds. The maximum Gasteiger partial charge on any atom is 0.255 e. The van der Waals surface area contributed by atoms with E-state index in [-0.39, 0.29) is 17.3 Å². The van der Waals surface area contributed by atoms with E-state index in [1.165, 1.54) is 30.5 Å². The molecule has 4 aromatic rings. The minimum Gasteiger partial charge on any atom is -0.493 e. The lowest BCUT2D eigenvalue weighted by Crippen LogP contribution is -2.23. The van der Waals surface area contributed by atoms with Crippen LogP contribution in [0.25, 0.3) is 0 Å². The van der Waals surface area contributed by atoms with Gasteiger partial charge >= 0.3 is 0 Å². The van der Waals surface area contributed by atoms with Gasteiger partial charge in [-0.1, -0.05) is 12.1 Å². The number of amides is 1. The number of hydrogen-bond acceptors (Lipinski definition) is 6. The Balaban J connectivity index is 1.37. The summed E-state index contributed by atoms with van der Waals surface area (Å²) in [5.74, 6) is 1.90. The van der Waals surface area contributed by atoms with Crippen molar-refractivity contribution in [2.24, 2.45) is 0 Å². The van der Waals surface area contributed by atoms with Crippen LogP contribution in [0.5, 0.6) is 17.2 Å². The van der Waals surface area contributed by atoms with Gasteiger partial charge in [-0.15, -0.1) is 0 Å². The SMILES string of the molecule is COc1ccccc1Oc1ccc(NC(=O)c2ccc(S(=O)(=O)NCc3ccco3)cc2)cc1. The second-order valence-electron chi connectivity index (χ2n) is 7.16. The third-order valence-electron chi connectivity index (χ3n) is 4.85. The molecule has 0 saturated heterocycles. The summed E-state index contributed by atoms with van der Waals surface area (Å²) in [6.45, 7) is 0.0360. The molecular formula is C25H22N2O6S. The summed E-state index contributed by atoms with van der Waals surface area (Å²) in [6.07, 6.45) is 1.47. The molecule has 34 heavy (non-hydrogen) atoms. The van der Waals surface area contributed by atoms with Crippen LogP contribution in [0, 0.1) is 0 Å². The molecule has 0 saturated carbocycles. The molecule has 0 fully saturated rings. The molecule has 0 aliphatic heterocycles. The molecule has 3 aromatic carbocycles. The second kappa shape index (κ2) is 10.2. The molecule has 0 atom stereocenters. The number of anilines is 1. The highest BCUT2D eigenvalue weighted by atomic mass is 32.2. The van der Waals surface area contributed by atoms with Crippen molar-refractivity contribution >= 4 is 21.6 Å². The lowest BCUT2D eigenvalue weighted by Gasteiger charge is -2.11. The van der Waals surface area contributed by atoms with Gasteiger partial charge in [0.05, 0.1) is 24.8 Å². The molecule has 0 aliphatic rings. The van der Waals surface area contributed by atoms with Crippen molar-refractivity contribution in [3.8, 4) is 17.2 Å². The minimum atomic E-state index is -3.74. The zero-order chi connectivity index (χ0) is 24.0. The summed E-state index contributed by atoms with van der Waals surface area (Å²) in [4.78, 5) is 12.6. The third kappa shape index (κ3) is 5.64. The lowest BCUT2D eigenvalue weighted by molar-refractivity contribution is 0.102. The van der Waals surface area contributed by atoms with E-state index < -0.39 is 10.0 Å². The molecule has 8 nitrogen and oxygen atoms in total. The van der Waals surface area contributed by atoms with E-state index in [1.54, 1.807) is 55.6 Å². The van der Waals surface area contributed by atoms with Crippen LogP contribution in [0.2, 0.25) is 0 Å². The first-order valence-electron chi connectivity index (χ1n) is 10.3. The van der Waals surface area contributed by atoms with Gasteiger partial charge in [-0.05, 0) is 72.8 Å². The van der Waals surface area contributed by atoms with Gasteiger partial charge in [0.2, 0.25) is 10.0 Å². The summed E-state index contributed by atoms with van der Waals surface area (Å²) >= 11 is 0. The topological polar surface area (TPSA) is 107 Å². The molecule has 0 unspecified atom stereocenters. The monoisotopic (exact) mass is 478 g/mol. The fourth-order valence-electron chi connectivity index (χ4n) is 3.09. The molecule has 2 N–H and O–H groups in total. The lowest BCUT2D eigenvalue weighted by atomic mass is 10.2. The van der Waals surface area contributed by atoms with Gasteiger partial charge in [-0.3, -0.25) is 4.79 Å². The van der Waals surface area contributed by atoms with Crippen LogP contribution >= 0.6 is 0 Å². The quantitative estimate of drug-likeness (QED) is 0.358. The van der Waals surface area contributed by atoms with Crippen LogP contribution < -0.4 is 19.5 Å². The highest BCUT2D eigenvalue weighted by Crippen LogP contribution is 2.31. The first-order valence-corrected chi connectivity index (χ1v) is 11.8. The predicted molar refractivity (Wildman–Crippen MR) is 127 cm³/mol. The maximum absolute atomic E-state index is 12.6. The number of ether oxygens (including phenoxy) is 2. The Hall–Kier alpha value is -4.08. The Morgan fingerprint density at radius 3 is 2.24 bits per heavy atom. The Labute approximate surface area is 197 Å². The fraction of sp³-hybridized carbons (Fsp3) is 0.0800. The number of benzene rings is 3. The Kier molecular flexibility index (Phi) is 6.95. The molecule has 9 heteroatoms. The van der Waals surface area contributed by atoms with E-state index in [0.29, 0.717) is 34.3 Å². The van der Waals surface area contributed by atoms with Crippen LogP contribution in [0.1, 0.15) is 16.1 Å². The number of carbonyl (C=O) groups excluding carboxylic acids is 1. The third-order valence-corrected chi connectivity index (χ3v) is 6.27. The Morgan fingerprint density at radius 2 is 1.59 bits per heavy atom. The van der Waals surface area contributed by atoms with Gasteiger partial charge in [-0.25, -0.2) is 13.1 Å². The van der Waals surface area contributed by atoms with Gasteiger partial charge in [0.25, 0.3) is 5.91 Å². The second-order valence-corrected chi connectivity index (χ2v) is 8.93. The Bertz CT molecular complexity index is 1350. The van der Waals surface area contributed by atoms with Crippen molar-refractivity contribution in [2.75, 3.05) is 12.4 Å². The summed E-state index contributed by atoms with van der Waals surface area (Å²) < 4.78 is 43.5. The molecule has 1 heterocycles. The van der Waals surface area contributed by atoms with E-state index in [2.05, 4.69) is 10.0 Å². The van der Waals surface area contributed by atoms with Crippen molar-refractivity contribution in [1.82, 2.24) is 4.72 Å². The van der Waals surface area contributed by atoms with Crippen molar-refractivity contribution in [2.45, 2.75) is 11.4 Å². The normalized spacial score (nSPS) is 11.1. The first-order chi connectivity index (χ1) is 16.4. The van der Waals surface area contributed by atoms with Gasteiger partial charge in [0.1, 0.15) is 11.5 Å². The number of para-hydroxylation sites is 2. The number of nitrogens with one attached hydrogen (secondary N) is 2. The summed E-state index contributed by atoms with van der Waals surface area (Å²) in [5.41, 5.74) is 0.883. The maximum atomic E-state index is 12.6. The fourth-order valence-corrected chi connectivity index (χ4v) is 4.08. The van der Waals surface area contributed by atoms with Crippen LogP contribution in [-0.4, -0.2) is 21.4 Å². The zero-order valence-electron chi connectivity index (χ0n) is 18.2. The van der Waals surface area contributed by atoms with E-state index in [9.17, 15) is 13.2 Å². The Morgan fingerprint density at radius 1 is 0.882 bits per heavy atom. The highest BCUT2D eigenvalue weighted by Gasteiger charge is 2.15. The number of carbonyl (C=O) groups is 1. The van der Waals surface area contributed by atoms with Gasteiger partial charge in [0, 0.05) is 11.3 Å². The summed E-state index contributed by atoms with van der Waals surface area (Å²) in [5, 5.41) is 2.78. The van der Waals surface area contributed by atoms with Crippen molar-refractivity contribution < 1.29 is 27.1 Å². The van der Waals surface area contributed by atoms with Gasteiger partial charge in [0.15, 0.2) is 11.5 Å². The van der Waals surface area contributed by atoms with E-state index in [1.807, 2.05) is 12.1 Å². The molecule has 1 aromatic heterocycles. The molecular weight excluding hydrogens is 456 g/mol. The molecule has 0 radical (unpaired) electrons. The average Bonchev–Trinajstić information content (AvgIpc) is 3.38. The molecule has 174 valence electrons. The standard InChI is InChI=1S/C25H22N2O6S/c1-31-23-6-2-3-7-24(23)33-20-12-10-19(11-13-20)27-25(28)18-8-14-22(15-9-18)34(29,30)26-17-21-5-4-16-32-21/h2-16,26H,17H2,1H3,(H,27,28). The van der Waals surface area contributed by atoms with Crippen molar-refractivity contribution in [3.05, 3.63) is 103 Å². The van der Waals surface area contributed by atoms with E-state index >= 15 is 0 Å². The van der Waals surface area contributed by atoms with E-state index in [4.69, 9.17) is 13.9 Å². The van der Waals surface area contributed by atoms with Crippen molar-refractivity contribution in [3.63, 3.8) is 0 Å². The first kappa shape index (κ1) is 23.1. The minimum absolute atomic E-state index is 0.0360. The number of methoxy groups -OCH3 is 1. The largest absolute Gasteiger partial charge is 0.493 e. The average molecular weight is 479 g/mol. The number of furan rings is 1. The molecule has 0 aliphatic carbocycles. The summed E-state index contributed by atoms with van der Waals surface area (Å²) in [7, 11) is -2.17. The molecule has 0 bridgehead atoms. The van der Waals surface area contributed by atoms with Crippen LogP contribution in [0.3, 0.4) is 0 Å².